The summed E-state index contributed by atoms with van der Waals surface area (Å²) in [5.74, 6) is 0. The Morgan fingerprint density at radius 2 is 2.20 bits per heavy atom. The van der Waals surface area contributed by atoms with E-state index in [2.05, 4.69) is 42.2 Å². The van der Waals surface area contributed by atoms with Gasteiger partial charge in [-0.15, -0.1) is 0 Å². The summed E-state index contributed by atoms with van der Waals surface area (Å²) in [6.07, 6.45) is 6.55. The molecule has 0 radical (unpaired) electrons. The van der Waals surface area contributed by atoms with Crippen LogP contribution >= 0.6 is 22.6 Å². The molecule has 54 valence electrons. The Balaban J connectivity index is 2.94. The van der Waals surface area contributed by atoms with E-state index in [1.54, 1.807) is 0 Å². The monoisotopic (exact) mass is 246 g/mol. The number of rotatable bonds is 1. The van der Waals surface area contributed by atoms with Crippen molar-refractivity contribution in [2.45, 2.75) is 19.8 Å². The van der Waals surface area contributed by atoms with Crippen LogP contribution in [0, 0.1) is 0 Å². The predicted molar refractivity (Wildman–Crippen MR) is 54.2 cm³/mol. The molecule has 0 spiro atoms. The maximum atomic E-state index is 3.77. The highest BCUT2D eigenvalue weighted by Gasteiger charge is 2.13. The molecule has 0 aromatic rings. The summed E-state index contributed by atoms with van der Waals surface area (Å²) in [5.41, 5.74) is 2.89. The third kappa shape index (κ3) is 1.34. The van der Waals surface area contributed by atoms with Gasteiger partial charge in [-0.2, -0.15) is 0 Å². The standard InChI is InChI=1S/C9H11I/c1-3-7-5-6-8(4-2)9(7)10/h3-4H,1,5-6H2,2H3/b8-4+. The fourth-order valence-electron chi connectivity index (χ4n) is 1.16. The van der Waals surface area contributed by atoms with Crippen molar-refractivity contribution in [1.82, 2.24) is 0 Å². The van der Waals surface area contributed by atoms with E-state index in [9.17, 15) is 0 Å². The molecule has 0 aromatic heterocycles. The van der Waals surface area contributed by atoms with E-state index in [0.717, 1.165) is 0 Å². The van der Waals surface area contributed by atoms with Crippen molar-refractivity contribution in [2.24, 2.45) is 0 Å². The second-order valence-electron chi connectivity index (χ2n) is 2.36. The zero-order valence-electron chi connectivity index (χ0n) is 6.15. The van der Waals surface area contributed by atoms with Crippen molar-refractivity contribution in [2.75, 3.05) is 0 Å². The first-order chi connectivity index (χ1) is 4.79. The fourth-order valence-corrected chi connectivity index (χ4v) is 2.23. The molecule has 0 atom stereocenters. The average molecular weight is 246 g/mol. The quantitative estimate of drug-likeness (QED) is 0.620. The van der Waals surface area contributed by atoms with Crippen LogP contribution in [0.25, 0.3) is 0 Å². The second-order valence-corrected chi connectivity index (χ2v) is 3.44. The molecule has 0 unspecified atom stereocenters. The van der Waals surface area contributed by atoms with Crippen LogP contribution in [0.4, 0.5) is 0 Å². The Labute approximate surface area is 75.8 Å². The molecular weight excluding hydrogens is 235 g/mol. The minimum atomic E-state index is 1.18. The van der Waals surface area contributed by atoms with Crippen LogP contribution in [-0.2, 0) is 0 Å². The molecule has 0 N–H and O–H groups in total. The zero-order chi connectivity index (χ0) is 7.56. The van der Waals surface area contributed by atoms with Gasteiger partial charge in [-0.3, -0.25) is 0 Å². The summed E-state index contributed by atoms with van der Waals surface area (Å²) in [7, 11) is 0. The van der Waals surface area contributed by atoms with Gasteiger partial charge in [0.25, 0.3) is 0 Å². The lowest BCUT2D eigenvalue weighted by Crippen LogP contribution is -1.70. The molecule has 0 saturated heterocycles. The Bertz CT molecular complexity index is 209. The van der Waals surface area contributed by atoms with Gasteiger partial charge in [0.1, 0.15) is 0 Å². The lowest BCUT2D eigenvalue weighted by Gasteiger charge is -1.93. The average Bonchev–Trinajstić information content (AvgIpc) is 2.30. The Morgan fingerprint density at radius 3 is 2.50 bits per heavy atom. The van der Waals surface area contributed by atoms with Gasteiger partial charge in [0, 0.05) is 3.58 Å². The summed E-state index contributed by atoms with van der Waals surface area (Å²) >= 11 is 2.40. The number of allylic oxidation sites excluding steroid dienone is 5. The molecule has 0 heterocycles. The molecule has 1 aliphatic carbocycles. The van der Waals surface area contributed by atoms with Crippen molar-refractivity contribution >= 4 is 22.6 Å². The zero-order valence-corrected chi connectivity index (χ0v) is 8.31. The Hall–Kier alpha value is -0.0500. The number of hydrogen-bond acceptors (Lipinski definition) is 0. The SMILES string of the molecule is C=CC1=C(I)/C(=C/C)CC1. The van der Waals surface area contributed by atoms with Crippen LogP contribution in [0.3, 0.4) is 0 Å². The topological polar surface area (TPSA) is 0 Å². The summed E-state index contributed by atoms with van der Waals surface area (Å²) in [6, 6.07) is 0. The van der Waals surface area contributed by atoms with Gasteiger partial charge in [-0.25, -0.2) is 0 Å². The third-order valence-electron chi connectivity index (χ3n) is 1.82. The highest BCUT2D eigenvalue weighted by atomic mass is 127. The molecule has 0 saturated carbocycles. The molecular formula is C9H11I. The van der Waals surface area contributed by atoms with Crippen molar-refractivity contribution < 1.29 is 0 Å². The molecule has 1 rings (SSSR count). The van der Waals surface area contributed by atoms with Crippen LogP contribution in [-0.4, -0.2) is 0 Å². The first kappa shape index (κ1) is 8.05. The van der Waals surface area contributed by atoms with Gasteiger partial charge < -0.3 is 0 Å². The highest BCUT2D eigenvalue weighted by molar-refractivity contribution is 14.1. The maximum Gasteiger partial charge on any atom is 0.0191 e. The van der Waals surface area contributed by atoms with Crippen molar-refractivity contribution in [3.05, 3.63) is 33.5 Å². The summed E-state index contributed by atoms with van der Waals surface area (Å²) < 4.78 is 1.41. The molecule has 0 bridgehead atoms. The molecule has 10 heavy (non-hydrogen) atoms. The largest absolute Gasteiger partial charge is 0.0988 e. The van der Waals surface area contributed by atoms with Gasteiger partial charge >= 0.3 is 0 Å². The highest BCUT2D eigenvalue weighted by Crippen LogP contribution is 2.35. The Kier molecular flexibility index (Phi) is 2.72. The van der Waals surface area contributed by atoms with Gasteiger partial charge in [-0.1, -0.05) is 18.7 Å². The first-order valence-electron chi connectivity index (χ1n) is 3.46. The predicted octanol–water partition coefficient (Wildman–Crippen LogP) is 3.60. The van der Waals surface area contributed by atoms with Gasteiger partial charge in [0.05, 0.1) is 0 Å². The fraction of sp³-hybridized carbons (Fsp3) is 0.333. The van der Waals surface area contributed by atoms with Crippen molar-refractivity contribution in [1.29, 1.82) is 0 Å². The minimum Gasteiger partial charge on any atom is -0.0988 e. The Morgan fingerprint density at radius 1 is 1.50 bits per heavy atom. The summed E-state index contributed by atoms with van der Waals surface area (Å²) in [6.45, 7) is 5.87. The van der Waals surface area contributed by atoms with Crippen LogP contribution in [0.1, 0.15) is 19.8 Å². The van der Waals surface area contributed by atoms with E-state index < -0.39 is 0 Å². The van der Waals surface area contributed by atoms with E-state index in [-0.39, 0.29) is 0 Å². The number of halogens is 1. The van der Waals surface area contributed by atoms with Gasteiger partial charge in [0.2, 0.25) is 0 Å². The first-order valence-corrected chi connectivity index (χ1v) is 4.54. The molecule has 0 nitrogen and oxygen atoms in total. The van der Waals surface area contributed by atoms with Crippen LogP contribution < -0.4 is 0 Å². The van der Waals surface area contributed by atoms with Crippen LogP contribution in [0.5, 0.6) is 0 Å². The van der Waals surface area contributed by atoms with E-state index >= 15 is 0 Å². The molecule has 1 heteroatoms. The molecule has 1 aliphatic rings. The molecule has 0 aromatic carbocycles. The normalized spacial score (nSPS) is 22.4. The third-order valence-corrected chi connectivity index (χ3v) is 3.21. The summed E-state index contributed by atoms with van der Waals surface area (Å²) in [5, 5.41) is 0. The van der Waals surface area contributed by atoms with E-state index in [1.807, 2.05) is 6.08 Å². The lowest BCUT2D eigenvalue weighted by molar-refractivity contribution is 1.03. The molecule has 0 fully saturated rings. The van der Waals surface area contributed by atoms with Crippen LogP contribution in [0.15, 0.2) is 33.5 Å². The van der Waals surface area contributed by atoms with E-state index in [0.29, 0.717) is 0 Å². The number of hydrogen-bond donors (Lipinski definition) is 0. The molecule has 0 amide bonds. The second kappa shape index (κ2) is 3.37. The van der Waals surface area contributed by atoms with Gasteiger partial charge in [-0.05, 0) is 53.5 Å². The maximum absolute atomic E-state index is 3.77. The minimum absolute atomic E-state index is 1.18. The van der Waals surface area contributed by atoms with Gasteiger partial charge in [0.15, 0.2) is 0 Å². The lowest BCUT2D eigenvalue weighted by atomic mass is 10.2. The summed E-state index contributed by atoms with van der Waals surface area (Å²) in [4.78, 5) is 0. The van der Waals surface area contributed by atoms with Crippen molar-refractivity contribution in [3.63, 3.8) is 0 Å². The van der Waals surface area contributed by atoms with E-state index in [4.69, 9.17) is 0 Å². The molecule has 0 aliphatic heterocycles. The van der Waals surface area contributed by atoms with Crippen LogP contribution in [0.2, 0.25) is 0 Å². The van der Waals surface area contributed by atoms with E-state index in [1.165, 1.54) is 27.6 Å². The van der Waals surface area contributed by atoms with Crippen molar-refractivity contribution in [3.8, 4) is 0 Å². The smallest absolute Gasteiger partial charge is 0.0191 e.